The third-order valence-electron chi connectivity index (χ3n) is 1.55. The third-order valence-corrected chi connectivity index (χ3v) is 1.55. The Bertz CT molecular complexity index is 381. The number of hydrogen-bond acceptors (Lipinski definition) is 3. The van der Waals surface area contributed by atoms with Crippen molar-refractivity contribution in [3.63, 3.8) is 0 Å². The van der Waals surface area contributed by atoms with Crippen LogP contribution in [-0.2, 0) is 0 Å². The summed E-state index contributed by atoms with van der Waals surface area (Å²) >= 11 is 0. The van der Waals surface area contributed by atoms with Gasteiger partial charge in [-0.25, -0.2) is 0 Å². The van der Waals surface area contributed by atoms with E-state index in [0.717, 1.165) is 11.4 Å². The Hall–Kier alpha value is -1.77. The fourth-order valence-electron chi connectivity index (χ4n) is 0.969. The molecule has 0 aliphatic rings. The average molecular weight is 175 g/mol. The minimum Gasteiger partial charge on any atom is -0.417 e. The summed E-state index contributed by atoms with van der Waals surface area (Å²) in [6.45, 7) is 1.85. The Morgan fingerprint density at radius 1 is 1.23 bits per heavy atom. The lowest BCUT2D eigenvalue weighted by Crippen LogP contribution is -1.82. The smallest absolute Gasteiger partial charge is 0.399 e. The number of ether oxygens (including phenoxy) is 1. The van der Waals surface area contributed by atoms with Crippen molar-refractivity contribution in [2.75, 3.05) is 0 Å². The maximum atomic E-state index is 5.32. The second kappa shape index (κ2) is 3.31. The highest BCUT2D eigenvalue weighted by Gasteiger charge is 2.01. The molecule has 0 bridgehead atoms. The van der Waals surface area contributed by atoms with E-state index in [1.165, 1.54) is 0 Å². The Morgan fingerprint density at radius 2 is 2.00 bits per heavy atom. The molecule has 0 atom stereocenters. The Balaban J connectivity index is 2.15. The van der Waals surface area contributed by atoms with Crippen LogP contribution in [-0.4, -0.2) is 4.98 Å². The van der Waals surface area contributed by atoms with Gasteiger partial charge in [-0.1, -0.05) is 18.2 Å². The lowest BCUT2D eigenvalue weighted by Gasteiger charge is -1.97. The monoisotopic (exact) mass is 175 g/mol. The molecular formula is C10H9NO2. The van der Waals surface area contributed by atoms with Crippen LogP contribution in [0.1, 0.15) is 5.69 Å². The largest absolute Gasteiger partial charge is 0.417 e. The topological polar surface area (TPSA) is 35.3 Å². The van der Waals surface area contributed by atoms with Gasteiger partial charge in [0.15, 0.2) is 0 Å². The van der Waals surface area contributed by atoms with Gasteiger partial charge in [0.05, 0.1) is 5.69 Å². The van der Waals surface area contributed by atoms with Gasteiger partial charge in [0.1, 0.15) is 12.0 Å². The van der Waals surface area contributed by atoms with Crippen LogP contribution in [0.5, 0.6) is 11.8 Å². The van der Waals surface area contributed by atoms with Crippen LogP contribution in [0.25, 0.3) is 0 Å². The van der Waals surface area contributed by atoms with Crippen LogP contribution in [0.15, 0.2) is 41.0 Å². The van der Waals surface area contributed by atoms with E-state index >= 15 is 0 Å². The summed E-state index contributed by atoms with van der Waals surface area (Å²) in [6.07, 6.45) is 1.84. The van der Waals surface area contributed by atoms with Crippen molar-refractivity contribution in [2.24, 2.45) is 0 Å². The van der Waals surface area contributed by atoms with Gasteiger partial charge in [-0.2, -0.15) is 4.98 Å². The Kier molecular flexibility index (Phi) is 2.00. The van der Waals surface area contributed by atoms with Crippen LogP contribution >= 0.6 is 0 Å². The number of benzene rings is 1. The van der Waals surface area contributed by atoms with Crippen molar-refractivity contribution in [1.82, 2.24) is 4.98 Å². The maximum Gasteiger partial charge on any atom is 0.399 e. The first-order chi connectivity index (χ1) is 6.34. The molecule has 1 aromatic carbocycles. The number of hydrogen-bond donors (Lipinski definition) is 0. The predicted octanol–water partition coefficient (Wildman–Crippen LogP) is 2.78. The van der Waals surface area contributed by atoms with Crippen LogP contribution < -0.4 is 4.74 Å². The predicted molar refractivity (Wildman–Crippen MR) is 47.8 cm³/mol. The van der Waals surface area contributed by atoms with Gasteiger partial charge in [-0.15, -0.1) is 0 Å². The summed E-state index contributed by atoms with van der Waals surface area (Å²) in [4.78, 5) is 4.02. The van der Waals surface area contributed by atoms with Crippen molar-refractivity contribution in [1.29, 1.82) is 0 Å². The van der Waals surface area contributed by atoms with Gasteiger partial charge >= 0.3 is 6.08 Å². The van der Waals surface area contributed by atoms with Crippen molar-refractivity contribution in [2.45, 2.75) is 6.92 Å². The summed E-state index contributed by atoms with van der Waals surface area (Å²) in [5.74, 6) is 0.726. The van der Waals surface area contributed by atoms with Crippen molar-refractivity contribution in [3.8, 4) is 11.8 Å². The standard InChI is InChI=1S/C10H9NO2/c1-8-7-12-10(11-8)13-9-5-3-2-4-6-9/h2-7H,1H3. The van der Waals surface area contributed by atoms with Crippen LogP contribution in [0, 0.1) is 6.92 Å². The van der Waals surface area contributed by atoms with Gasteiger partial charge in [0, 0.05) is 0 Å². The van der Waals surface area contributed by atoms with Crippen LogP contribution in [0.2, 0.25) is 0 Å². The van der Waals surface area contributed by atoms with E-state index in [1.54, 1.807) is 6.26 Å². The summed E-state index contributed by atoms with van der Waals surface area (Å²) in [7, 11) is 0. The molecule has 0 radical (unpaired) electrons. The zero-order chi connectivity index (χ0) is 9.10. The summed E-state index contributed by atoms with van der Waals surface area (Å²) in [5, 5.41) is 0. The normalized spacial score (nSPS) is 9.92. The van der Waals surface area contributed by atoms with Crippen LogP contribution in [0.4, 0.5) is 0 Å². The maximum absolute atomic E-state index is 5.32. The molecule has 0 unspecified atom stereocenters. The minimum absolute atomic E-state index is 0.281. The molecule has 2 aromatic rings. The molecule has 0 fully saturated rings. The second-order valence-corrected chi connectivity index (χ2v) is 2.67. The third kappa shape index (κ3) is 1.87. The lowest BCUT2D eigenvalue weighted by atomic mass is 10.3. The number of nitrogens with zero attached hydrogens (tertiary/aromatic N) is 1. The van der Waals surface area contributed by atoms with Crippen molar-refractivity contribution in [3.05, 3.63) is 42.3 Å². The van der Waals surface area contributed by atoms with Gasteiger partial charge in [0.2, 0.25) is 0 Å². The number of aryl methyl sites for hydroxylation is 1. The molecule has 3 nitrogen and oxygen atoms in total. The van der Waals surface area contributed by atoms with Gasteiger partial charge in [-0.3, -0.25) is 0 Å². The minimum atomic E-state index is 0.281. The number of para-hydroxylation sites is 1. The SMILES string of the molecule is Cc1coc(Oc2ccccc2)n1. The molecule has 0 saturated heterocycles. The molecule has 1 heterocycles. The summed E-state index contributed by atoms with van der Waals surface area (Å²) in [6, 6.07) is 9.41. The van der Waals surface area contributed by atoms with E-state index in [4.69, 9.17) is 9.15 Å². The zero-order valence-electron chi connectivity index (χ0n) is 7.23. The molecule has 0 saturated carbocycles. The fourth-order valence-corrected chi connectivity index (χ4v) is 0.969. The average Bonchev–Trinajstić information content (AvgIpc) is 2.53. The highest BCUT2D eigenvalue weighted by Crippen LogP contribution is 2.19. The van der Waals surface area contributed by atoms with E-state index in [2.05, 4.69) is 4.98 Å². The highest BCUT2D eigenvalue weighted by molar-refractivity contribution is 5.23. The van der Waals surface area contributed by atoms with Gasteiger partial charge < -0.3 is 9.15 Å². The molecule has 3 heteroatoms. The molecular weight excluding hydrogens is 166 g/mol. The first kappa shape index (κ1) is 7.86. The van der Waals surface area contributed by atoms with E-state index in [-0.39, 0.29) is 6.08 Å². The highest BCUT2D eigenvalue weighted by atomic mass is 16.6. The lowest BCUT2D eigenvalue weighted by molar-refractivity contribution is 0.331. The summed E-state index contributed by atoms with van der Waals surface area (Å²) in [5.41, 5.74) is 0.811. The Labute approximate surface area is 76.0 Å². The first-order valence-corrected chi connectivity index (χ1v) is 3.99. The second-order valence-electron chi connectivity index (χ2n) is 2.67. The van der Waals surface area contributed by atoms with Crippen molar-refractivity contribution >= 4 is 0 Å². The molecule has 0 N–H and O–H groups in total. The fraction of sp³-hybridized carbons (Fsp3) is 0.100. The molecule has 0 aliphatic heterocycles. The van der Waals surface area contributed by atoms with Gasteiger partial charge in [0.25, 0.3) is 0 Å². The quantitative estimate of drug-likeness (QED) is 0.703. The number of rotatable bonds is 2. The van der Waals surface area contributed by atoms with E-state index in [0.29, 0.717) is 0 Å². The van der Waals surface area contributed by atoms with E-state index in [9.17, 15) is 0 Å². The zero-order valence-corrected chi connectivity index (χ0v) is 7.23. The molecule has 13 heavy (non-hydrogen) atoms. The van der Waals surface area contributed by atoms with E-state index < -0.39 is 0 Å². The molecule has 0 spiro atoms. The summed E-state index contributed by atoms with van der Waals surface area (Å²) < 4.78 is 10.4. The molecule has 2 rings (SSSR count). The van der Waals surface area contributed by atoms with Crippen LogP contribution in [0.3, 0.4) is 0 Å². The first-order valence-electron chi connectivity index (χ1n) is 3.99. The Morgan fingerprint density at radius 3 is 2.62 bits per heavy atom. The van der Waals surface area contributed by atoms with Crippen molar-refractivity contribution < 1.29 is 9.15 Å². The van der Waals surface area contributed by atoms with E-state index in [1.807, 2.05) is 37.3 Å². The molecule has 0 aliphatic carbocycles. The van der Waals surface area contributed by atoms with Gasteiger partial charge in [-0.05, 0) is 19.1 Å². The molecule has 1 aromatic heterocycles. The molecule has 66 valence electrons. The number of aromatic nitrogens is 1. The molecule has 0 amide bonds. The number of oxazole rings is 1.